The lowest BCUT2D eigenvalue weighted by Gasteiger charge is -2.28. The van der Waals surface area contributed by atoms with Gasteiger partial charge in [0.1, 0.15) is 11.6 Å². The van der Waals surface area contributed by atoms with E-state index in [0.717, 1.165) is 6.92 Å². The predicted octanol–water partition coefficient (Wildman–Crippen LogP) is -1.45. The number of nitrogens with one attached hydrogen (secondary N) is 2. The largest absolute Gasteiger partial charge is 0.465 e. The van der Waals surface area contributed by atoms with Gasteiger partial charge < -0.3 is 25.3 Å². The summed E-state index contributed by atoms with van der Waals surface area (Å²) in [5.41, 5.74) is 0.0290. The van der Waals surface area contributed by atoms with E-state index in [1.54, 1.807) is 0 Å². The summed E-state index contributed by atoms with van der Waals surface area (Å²) in [5.74, 6) is -4.35. The quantitative estimate of drug-likeness (QED) is 0.430. The molecule has 2 aromatic heterocycles. The van der Waals surface area contributed by atoms with Gasteiger partial charge in [0.05, 0.1) is 13.2 Å². The average Bonchev–Trinajstić information content (AvgIpc) is 2.56. The second kappa shape index (κ2) is 7.53. The molecule has 2 heterocycles. The molecule has 0 fully saturated rings. The molecule has 5 N–H and O–H groups in total. The number of carbonyl (C=O) groups excluding carboxylic acids is 2. The maximum Gasteiger partial charge on any atom is 0.339 e. The number of esters is 2. The van der Waals surface area contributed by atoms with Crippen molar-refractivity contribution in [3.05, 3.63) is 26.4 Å². The Morgan fingerprint density at radius 3 is 2.37 bits per heavy atom. The molecule has 12 nitrogen and oxygen atoms in total. The molecule has 146 valence electrons. The van der Waals surface area contributed by atoms with Crippen molar-refractivity contribution in [1.29, 1.82) is 0 Å². The van der Waals surface area contributed by atoms with Crippen LogP contribution in [0.3, 0.4) is 0 Å². The Morgan fingerprint density at radius 1 is 1.15 bits per heavy atom. The van der Waals surface area contributed by atoms with E-state index in [9.17, 15) is 24.3 Å². The van der Waals surface area contributed by atoms with Gasteiger partial charge in [-0.25, -0.2) is 9.78 Å². The number of fused-ring (bicyclic) bond motifs is 1. The number of nitrogens with two attached hydrogens (primary N) is 1. The summed E-state index contributed by atoms with van der Waals surface area (Å²) >= 11 is 0. The van der Waals surface area contributed by atoms with Crippen molar-refractivity contribution in [2.75, 3.05) is 18.9 Å². The molecule has 27 heavy (non-hydrogen) atoms. The lowest BCUT2D eigenvalue weighted by atomic mass is 9.86. The van der Waals surface area contributed by atoms with Gasteiger partial charge >= 0.3 is 11.9 Å². The molecule has 0 aliphatic heterocycles. The monoisotopic (exact) mass is 381 g/mol. The molecule has 0 aliphatic carbocycles. The van der Waals surface area contributed by atoms with E-state index in [-0.39, 0.29) is 30.3 Å². The molecule has 2 unspecified atom stereocenters. The van der Waals surface area contributed by atoms with Crippen molar-refractivity contribution >= 4 is 29.1 Å². The summed E-state index contributed by atoms with van der Waals surface area (Å²) in [6, 6.07) is 0. The number of carbonyl (C=O) groups is 2. The third-order valence-electron chi connectivity index (χ3n) is 3.66. The minimum Gasteiger partial charge on any atom is -0.465 e. The fourth-order valence-electron chi connectivity index (χ4n) is 2.44. The molecule has 0 bridgehead atoms. The molecule has 12 heteroatoms. The first kappa shape index (κ1) is 20.0. The highest BCUT2D eigenvalue weighted by atomic mass is 16.6. The van der Waals surface area contributed by atoms with Crippen LogP contribution < -0.4 is 16.9 Å². The highest BCUT2D eigenvalue weighted by molar-refractivity contribution is 5.90. The van der Waals surface area contributed by atoms with Crippen molar-refractivity contribution in [2.45, 2.75) is 32.3 Å². The van der Waals surface area contributed by atoms with Crippen LogP contribution in [-0.2, 0) is 19.1 Å². The Kier molecular flexibility index (Phi) is 5.59. The van der Waals surface area contributed by atoms with E-state index in [4.69, 9.17) is 15.2 Å². The standard InChI is InChI=1S/C15H19N5O7/c1-4-26-12(23)6(15(3,25)13(24)27-5-2)7-10(21)18-9-8(17-7)11(22)20-14(16)19-9/h6,25H,4-5H2,1-3H3,(H4,16,18,19,20,21,22). The van der Waals surface area contributed by atoms with Crippen molar-refractivity contribution in [3.8, 4) is 0 Å². The molecule has 2 rings (SSSR count). The predicted molar refractivity (Wildman–Crippen MR) is 91.8 cm³/mol. The van der Waals surface area contributed by atoms with Gasteiger partial charge in [0, 0.05) is 0 Å². The number of aromatic amines is 2. The molecule has 0 spiro atoms. The lowest BCUT2D eigenvalue weighted by Crippen LogP contribution is -2.49. The van der Waals surface area contributed by atoms with E-state index < -0.39 is 40.3 Å². The topological polar surface area (TPSA) is 190 Å². The molecule has 0 aliphatic rings. The van der Waals surface area contributed by atoms with Gasteiger partial charge in [0.2, 0.25) is 5.95 Å². The maximum absolute atomic E-state index is 12.5. The van der Waals surface area contributed by atoms with Gasteiger partial charge in [-0.2, -0.15) is 4.98 Å². The smallest absolute Gasteiger partial charge is 0.339 e. The van der Waals surface area contributed by atoms with Crippen molar-refractivity contribution in [2.24, 2.45) is 0 Å². The highest BCUT2D eigenvalue weighted by Crippen LogP contribution is 2.28. The van der Waals surface area contributed by atoms with Crippen molar-refractivity contribution in [1.82, 2.24) is 19.9 Å². The highest BCUT2D eigenvalue weighted by Gasteiger charge is 2.49. The number of rotatable bonds is 6. The summed E-state index contributed by atoms with van der Waals surface area (Å²) in [5, 5.41) is 10.6. The SMILES string of the molecule is CCOC(=O)C(c1nc2c(=O)[nH]c(N)nc2[nH]c1=O)C(C)(O)C(=O)OCC. The van der Waals surface area contributed by atoms with Crippen LogP contribution in [-0.4, -0.2) is 55.8 Å². The number of hydrogen-bond donors (Lipinski definition) is 4. The molecular formula is C15H19N5O7. The zero-order valence-corrected chi connectivity index (χ0v) is 14.9. The first-order valence-corrected chi connectivity index (χ1v) is 7.99. The van der Waals surface area contributed by atoms with Crippen LogP contribution in [0.4, 0.5) is 5.95 Å². The van der Waals surface area contributed by atoms with E-state index in [1.807, 2.05) is 0 Å². The number of hydrogen-bond acceptors (Lipinski definition) is 10. The van der Waals surface area contributed by atoms with Crippen LogP contribution >= 0.6 is 0 Å². The van der Waals surface area contributed by atoms with Crippen molar-refractivity contribution < 1.29 is 24.2 Å². The number of aromatic nitrogens is 4. The van der Waals surface area contributed by atoms with E-state index in [2.05, 4.69) is 19.9 Å². The number of ether oxygens (including phenoxy) is 2. The Hall–Kier alpha value is -3.28. The first-order chi connectivity index (χ1) is 12.6. The second-order valence-corrected chi connectivity index (χ2v) is 5.65. The normalized spacial score (nSPS) is 14.4. The molecule has 0 aromatic carbocycles. The lowest BCUT2D eigenvalue weighted by molar-refractivity contribution is -0.173. The molecule has 2 atom stereocenters. The molecule has 2 aromatic rings. The zero-order chi connectivity index (χ0) is 20.4. The van der Waals surface area contributed by atoms with Gasteiger partial charge in [-0.1, -0.05) is 0 Å². The van der Waals surface area contributed by atoms with E-state index >= 15 is 0 Å². The van der Waals surface area contributed by atoms with Crippen LogP contribution in [0.25, 0.3) is 11.2 Å². The summed E-state index contributed by atoms with van der Waals surface area (Å²) in [7, 11) is 0. The van der Waals surface area contributed by atoms with Crippen LogP contribution in [0.1, 0.15) is 32.4 Å². The fraction of sp³-hybridized carbons (Fsp3) is 0.467. The molecule has 0 radical (unpaired) electrons. The molecule has 0 amide bonds. The summed E-state index contributed by atoms with van der Waals surface area (Å²) < 4.78 is 9.64. The molecule has 0 saturated carbocycles. The fourth-order valence-corrected chi connectivity index (χ4v) is 2.44. The van der Waals surface area contributed by atoms with Crippen LogP contribution in [0, 0.1) is 0 Å². The average molecular weight is 381 g/mol. The van der Waals surface area contributed by atoms with Crippen LogP contribution in [0.15, 0.2) is 9.59 Å². The van der Waals surface area contributed by atoms with Gasteiger partial charge in [-0.3, -0.25) is 19.4 Å². The Labute approximate surface area is 151 Å². The maximum atomic E-state index is 12.5. The van der Waals surface area contributed by atoms with E-state index in [0.29, 0.717) is 0 Å². The summed E-state index contributed by atoms with van der Waals surface area (Å²) in [6.45, 7) is 3.84. The molecule has 0 saturated heterocycles. The first-order valence-electron chi connectivity index (χ1n) is 7.99. The Morgan fingerprint density at radius 2 is 1.78 bits per heavy atom. The van der Waals surface area contributed by atoms with Crippen LogP contribution in [0.2, 0.25) is 0 Å². The van der Waals surface area contributed by atoms with Gasteiger partial charge in [0.25, 0.3) is 11.1 Å². The Bertz CT molecular complexity index is 994. The zero-order valence-electron chi connectivity index (χ0n) is 14.9. The number of anilines is 1. The minimum atomic E-state index is -2.48. The van der Waals surface area contributed by atoms with Crippen molar-refractivity contribution in [3.63, 3.8) is 0 Å². The second-order valence-electron chi connectivity index (χ2n) is 5.65. The number of nitrogens with zero attached hydrogens (tertiary/aromatic N) is 2. The van der Waals surface area contributed by atoms with E-state index in [1.165, 1.54) is 13.8 Å². The summed E-state index contributed by atoms with van der Waals surface area (Å²) in [4.78, 5) is 61.1. The third kappa shape index (κ3) is 3.79. The van der Waals surface area contributed by atoms with Gasteiger partial charge in [-0.15, -0.1) is 0 Å². The Balaban J connectivity index is 2.74. The minimum absolute atomic E-state index is 0.0745. The van der Waals surface area contributed by atoms with Crippen LogP contribution in [0.5, 0.6) is 0 Å². The third-order valence-corrected chi connectivity index (χ3v) is 3.66. The number of H-pyrrole nitrogens is 2. The number of nitrogen functional groups attached to an aromatic ring is 1. The molecular weight excluding hydrogens is 362 g/mol. The van der Waals surface area contributed by atoms with Gasteiger partial charge in [0.15, 0.2) is 16.8 Å². The van der Waals surface area contributed by atoms with Gasteiger partial charge in [-0.05, 0) is 20.8 Å². The summed E-state index contributed by atoms with van der Waals surface area (Å²) in [6.07, 6.45) is 0. The number of aliphatic hydroxyl groups is 1.